The molecule has 3 fully saturated rings. The van der Waals surface area contributed by atoms with Gasteiger partial charge >= 0.3 is 11.9 Å². The minimum Gasteiger partial charge on any atom is -0.459 e. The summed E-state index contributed by atoms with van der Waals surface area (Å²) in [5.74, 6) is 0.908. The molecular formula is C23H30O4. The summed E-state index contributed by atoms with van der Waals surface area (Å²) in [5.41, 5.74) is -0.492. The smallest absolute Gasteiger partial charge is 0.314 e. The summed E-state index contributed by atoms with van der Waals surface area (Å²) in [5, 5.41) is 0. The Kier molecular flexibility index (Phi) is 4.17. The molecule has 4 rings (SSSR count). The summed E-state index contributed by atoms with van der Waals surface area (Å²) >= 11 is 0. The molecule has 2 unspecified atom stereocenters. The number of rotatable bonds is 2. The van der Waals surface area contributed by atoms with Gasteiger partial charge in [0.1, 0.15) is 11.4 Å². The van der Waals surface area contributed by atoms with E-state index in [1.54, 1.807) is 0 Å². The second kappa shape index (κ2) is 6.08. The van der Waals surface area contributed by atoms with E-state index in [9.17, 15) is 9.59 Å². The lowest BCUT2D eigenvalue weighted by Gasteiger charge is -2.61. The molecule has 0 radical (unpaired) electrons. The molecule has 0 spiro atoms. The van der Waals surface area contributed by atoms with Crippen molar-refractivity contribution in [2.75, 3.05) is 0 Å². The molecule has 1 aromatic rings. The molecule has 27 heavy (non-hydrogen) atoms. The predicted octanol–water partition coefficient (Wildman–Crippen LogP) is 4.77. The van der Waals surface area contributed by atoms with Crippen molar-refractivity contribution in [1.29, 1.82) is 0 Å². The van der Waals surface area contributed by atoms with Gasteiger partial charge in [-0.05, 0) is 61.5 Å². The Morgan fingerprint density at radius 2 is 1.74 bits per heavy atom. The largest absolute Gasteiger partial charge is 0.459 e. The van der Waals surface area contributed by atoms with Gasteiger partial charge in [-0.2, -0.15) is 0 Å². The number of ether oxygens (including phenoxy) is 2. The molecule has 2 aliphatic carbocycles. The van der Waals surface area contributed by atoms with Crippen LogP contribution in [0.5, 0.6) is 5.75 Å². The van der Waals surface area contributed by atoms with Crippen LogP contribution in [0.3, 0.4) is 0 Å². The summed E-state index contributed by atoms with van der Waals surface area (Å²) in [6.45, 7) is 8.85. The van der Waals surface area contributed by atoms with Crippen LogP contribution in [0.4, 0.5) is 0 Å². The summed E-state index contributed by atoms with van der Waals surface area (Å²) in [7, 11) is 0. The summed E-state index contributed by atoms with van der Waals surface area (Å²) in [4.78, 5) is 25.1. The molecule has 146 valence electrons. The Labute approximate surface area is 161 Å². The SMILES string of the molecule is CC1(C)C(C(=O)Oc2ccccc2)CC[C@@]2(C)C1CC[C@@]1(C)OC(=O)C[C@@H]12. The van der Waals surface area contributed by atoms with E-state index in [4.69, 9.17) is 9.47 Å². The lowest BCUT2D eigenvalue weighted by Crippen LogP contribution is -2.59. The highest BCUT2D eigenvalue weighted by atomic mass is 16.6. The zero-order valence-electron chi connectivity index (χ0n) is 16.8. The van der Waals surface area contributed by atoms with E-state index in [0.717, 1.165) is 25.7 Å². The summed E-state index contributed by atoms with van der Waals surface area (Å²) in [6.07, 6.45) is 4.12. The summed E-state index contributed by atoms with van der Waals surface area (Å²) < 4.78 is 11.5. The van der Waals surface area contributed by atoms with Crippen LogP contribution in [-0.2, 0) is 14.3 Å². The van der Waals surface area contributed by atoms with Crippen molar-refractivity contribution in [3.05, 3.63) is 30.3 Å². The highest BCUT2D eigenvalue weighted by Gasteiger charge is 2.65. The second-order valence-corrected chi connectivity index (χ2v) is 9.79. The maximum atomic E-state index is 13.0. The molecule has 3 aliphatic rings. The molecule has 1 heterocycles. The number of esters is 2. The zero-order chi connectivity index (χ0) is 19.4. The van der Waals surface area contributed by atoms with Crippen LogP contribution >= 0.6 is 0 Å². The van der Waals surface area contributed by atoms with Crippen LogP contribution in [0.15, 0.2) is 30.3 Å². The Balaban J connectivity index is 1.59. The first kappa shape index (κ1) is 18.5. The molecular weight excluding hydrogens is 340 g/mol. The van der Waals surface area contributed by atoms with Crippen molar-refractivity contribution in [2.24, 2.45) is 28.6 Å². The first-order valence-electron chi connectivity index (χ1n) is 10.2. The third kappa shape index (κ3) is 2.79. The van der Waals surface area contributed by atoms with Crippen molar-refractivity contribution in [3.8, 4) is 5.75 Å². The van der Waals surface area contributed by atoms with Gasteiger partial charge in [-0.25, -0.2) is 0 Å². The van der Waals surface area contributed by atoms with Crippen molar-refractivity contribution >= 4 is 11.9 Å². The number of hydrogen-bond donors (Lipinski definition) is 0. The molecule has 4 nitrogen and oxygen atoms in total. The lowest BCUT2D eigenvalue weighted by molar-refractivity contribution is -0.180. The molecule has 4 heteroatoms. The Morgan fingerprint density at radius 1 is 1.04 bits per heavy atom. The van der Waals surface area contributed by atoms with Crippen molar-refractivity contribution in [2.45, 2.75) is 65.4 Å². The molecule has 5 atom stereocenters. The Bertz CT molecular complexity index is 755. The van der Waals surface area contributed by atoms with Gasteiger partial charge in [0, 0.05) is 5.92 Å². The maximum absolute atomic E-state index is 13.0. The molecule has 1 aromatic carbocycles. The number of fused-ring (bicyclic) bond motifs is 3. The van der Waals surface area contributed by atoms with E-state index < -0.39 is 0 Å². The Hall–Kier alpha value is -1.84. The van der Waals surface area contributed by atoms with Crippen LogP contribution in [0.1, 0.15) is 59.8 Å². The van der Waals surface area contributed by atoms with Gasteiger partial charge in [-0.3, -0.25) is 9.59 Å². The first-order chi connectivity index (χ1) is 12.7. The van der Waals surface area contributed by atoms with Crippen LogP contribution in [0, 0.1) is 28.6 Å². The van der Waals surface area contributed by atoms with Crippen LogP contribution < -0.4 is 4.74 Å². The van der Waals surface area contributed by atoms with Crippen LogP contribution in [0.25, 0.3) is 0 Å². The quantitative estimate of drug-likeness (QED) is 0.556. The van der Waals surface area contributed by atoms with Crippen molar-refractivity contribution in [3.63, 3.8) is 0 Å². The number of hydrogen-bond acceptors (Lipinski definition) is 4. The van der Waals surface area contributed by atoms with Crippen LogP contribution in [0.2, 0.25) is 0 Å². The van der Waals surface area contributed by atoms with Crippen molar-refractivity contribution < 1.29 is 19.1 Å². The van der Waals surface area contributed by atoms with E-state index in [1.807, 2.05) is 30.3 Å². The normalized spacial score (nSPS) is 39.9. The summed E-state index contributed by atoms with van der Waals surface area (Å²) in [6, 6.07) is 9.32. The topological polar surface area (TPSA) is 52.6 Å². The van der Waals surface area contributed by atoms with E-state index in [0.29, 0.717) is 18.1 Å². The maximum Gasteiger partial charge on any atom is 0.314 e. The highest BCUT2D eigenvalue weighted by molar-refractivity contribution is 5.76. The van der Waals surface area contributed by atoms with Gasteiger partial charge in [0.05, 0.1) is 12.3 Å². The van der Waals surface area contributed by atoms with Gasteiger partial charge in [0.15, 0.2) is 0 Å². The van der Waals surface area contributed by atoms with Gasteiger partial charge in [0.25, 0.3) is 0 Å². The average Bonchev–Trinajstić information content (AvgIpc) is 2.91. The van der Waals surface area contributed by atoms with Gasteiger partial charge in [0.2, 0.25) is 0 Å². The number of para-hydroxylation sites is 1. The average molecular weight is 370 g/mol. The molecule has 0 amide bonds. The molecule has 0 aromatic heterocycles. The van der Waals surface area contributed by atoms with Gasteiger partial charge in [-0.1, -0.05) is 39.0 Å². The molecule has 0 N–H and O–H groups in total. The van der Waals surface area contributed by atoms with Crippen molar-refractivity contribution in [1.82, 2.24) is 0 Å². The predicted molar refractivity (Wildman–Crippen MR) is 102 cm³/mol. The third-order valence-electron chi connectivity index (χ3n) is 7.99. The van der Waals surface area contributed by atoms with Gasteiger partial charge in [-0.15, -0.1) is 0 Å². The van der Waals surface area contributed by atoms with E-state index >= 15 is 0 Å². The molecule has 2 saturated carbocycles. The monoisotopic (exact) mass is 370 g/mol. The first-order valence-corrected chi connectivity index (χ1v) is 10.2. The minimum atomic E-state index is -0.338. The highest BCUT2D eigenvalue weighted by Crippen LogP contribution is 2.66. The van der Waals surface area contributed by atoms with E-state index in [2.05, 4.69) is 27.7 Å². The van der Waals surface area contributed by atoms with E-state index in [1.165, 1.54) is 0 Å². The number of benzene rings is 1. The standard InChI is InChI=1S/C23H30O4/c1-21(2)16(20(25)26-15-8-6-5-7-9-15)10-12-22(3)17(21)11-13-23(4)18(22)14-19(24)27-23/h5-9,16-18H,10-14H2,1-4H3/t16?,17?,18-,22+,23-/m1/s1. The third-order valence-corrected chi connectivity index (χ3v) is 7.99. The molecule has 1 saturated heterocycles. The number of carbonyl (C=O) groups is 2. The fraction of sp³-hybridized carbons (Fsp3) is 0.652. The number of carbonyl (C=O) groups excluding carboxylic acids is 2. The van der Waals surface area contributed by atoms with E-state index in [-0.39, 0.29) is 40.2 Å². The second-order valence-electron chi connectivity index (χ2n) is 9.79. The Morgan fingerprint density at radius 3 is 2.44 bits per heavy atom. The zero-order valence-corrected chi connectivity index (χ0v) is 16.8. The van der Waals surface area contributed by atoms with Gasteiger partial charge < -0.3 is 9.47 Å². The fourth-order valence-electron chi connectivity index (χ4n) is 6.65. The molecule has 1 aliphatic heterocycles. The fourth-order valence-corrected chi connectivity index (χ4v) is 6.65. The van der Waals surface area contributed by atoms with Crippen LogP contribution in [-0.4, -0.2) is 17.5 Å². The minimum absolute atomic E-state index is 0.0200. The lowest BCUT2D eigenvalue weighted by atomic mass is 9.43. The molecule has 0 bridgehead atoms.